The molecule has 0 aliphatic carbocycles. The van der Waals surface area contributed by atoms with E-state index in [1.165, 1.54) is 0 Å². The van der Waals surface area contributed by atoms with Crippen molar-refractivity contribution in [1.29, 1.82) is 5.41 Å². The number of nitrogens with one attached hydrogen (secondary N) is 2. The molecule has 0 fully saturated rings. The lowest BCUT2D eigenvalue weighted by molar-refractivity contribution is 0.748. The van der Waals surface area contributed by atoms with Gasteiger partial charge in [-0.3, -0.25) is 4.98 Å². The number of rotatable bonds is 8. The fourth-order valence-corrected chi connectivity index (χ4v) is 1.97. The zero-order valence-electron chi connectivity index (χ0n) is 11.6. The summed E-state index contributed by atoms with van der Waals surface area (Å²) in [6.07, 6.45) is 7.39. The molecule has 2 aromatic heterocycles. The molecule has 2 aromatic rings. The van der Waals surface area contributed by atoms with Crippen molar-refractivity contribution in [3.8, 4) is 0 Å². The van der Waals surface area contributed by atoms with Crippen LogP contribution in [0.5, 0.6) is 0 Å². The minimum Gasteiger partial charge on any atom is -0.385 e. The molecule has 0 aromatic carbocycles. The van der Waals surface area contributed by atoms with E-state index in [2.05, 4.69) is 20.5 Å². The number of nitroso groups, excluding NO2 is 1. The van der Waals surface area contributed by atoms with E-state index in [9.17, 15) is 4.91 Å². The maximum absolute atomic E-state index is 10.5. The Labute approximate surface area is 123 Å². The summed E-state index contributed by atoms with van der Waals surface area (Å²) in [6.45, 7) is 0.884. The van der Waals surface area contributed by atoms with Crippen LogP contribution in [0.25, 0.3) is 0 Å². The highest BCUT2D eigenvalue weighted by Crippen LogP contribution is 2.16. The van der Waals surface area contributed by atoms with Crippen LogP contribution in [0.2, 0.25) is 0 Å². The topological polar surface area (TPSA) is 91.1 Å². The molecule has 2 rings (SSSR count). The molecule has 0 spiro atoms. The summed E-state index contributed by atoms with van der Waals surface area (Å²) in [5.41, 5.74) is 2.49. The number of hydrogen-bond donors (Lipinski definition) is 2. The van der Waals surface area contributed by atoms with Gasteiger partial charge in [-0.1, -0.05) is 0 Å². The van der Waals surface area contributed by atoms with Crippen LogP contribution in [-0.4, -0.2) is 22.7 Å². The minimum atomic E-state index is 0.216. The van der Waals surface area contributed by atoms with Gasteiger partial charge in [-0.15, -0.1) is 4.91 Å². The van der Waals surface area contributed by atoms with Gasteiger partial charge in [-0.05, 0) is 48.7 Å². The predicted molar refractivity (Wildman–Crippen MR) is 83.2 cm³/mol. The van der Waals surface area contributed by atoms with Crippen molar-refractivity contribution in [2.45, 2.75) is 19.3 Å². The highest BCUT2D eigenvalue weighted by molar-refractivity contribution is 5.81. The first-order chi connectivity index (χ1) is 10.3. The third-order valence-electron chi connectivity index (χ3n) is 3.06. The summed E-state index contributed by atoms with van der Waals surface area (Å²) in [5, 5.41) is 13.4. The van der Waals surface area contributed by atoms with Crippen molar-refractivity contribution >= 4 is 17.6 Å². The molecular weight excluding hydrogens is 266 g/mol. The van der Waals surface area contributed by atoms with Crippen LogP contribution >= 0.6 is 0 Å². The van der Waals surface area contributed by atoms with Crippen LogP contribution in [0.4, 0.5) is 11.4 Å². The molecule has 0 saturated carbocycles. The molecule has 0 atom stereocenters. The zero-order chi connectivity index (χ0) is 14.9. The molecular formula is C15H17N5O. The maximum Gasteiger partial charge on any atom is 0.135 e. The van der Waals surface area contributed by atoms with Gasteiger partial charge in [0.05, 0.1) is 0 Å². The van der Waals surface area contributed by atoms with Gasteiger partial charge in [0.1, 0.15) is 11.4 Å². The molecule has 0 amide bonds. The second-order valence-corrected chi connectivity index (χ2v) is 4.56. The van der Waals surface area contributed by atoms with E-state index in [1.54, 1.807) is 24.5 Å². The van der Waals surface area contributed by atoms with Crippen molar-refractivity contribution in [3.05, 3.63) is 53.0 Å². The number of unbranched alkanes of at least 4 members (excludes halogenated alkanes) is 1. The fraction of sp³-hybridized carbons (Fsp3) is 0.267. The second-order valence-electron chi connectivity index (χ2n) is 4.56. The SMILES string of the molecule is N=Cc1nc(CCCCNc2ccncc2)ccc1N=O. The Bertz CT molecular complexity index is 600. The average molecular weight is 283 g/mol. The standard InChI is InChI=1S/C15H17N5O/c16-11-15-14(20-21)5-4-13(19-15)3-1-2-8-18-12-6-9-17-10-7-12/h4-7,9-11,16H,1-3,8H2,(H,17,18). The Hall–Kier alpha value is -2.63. The normalized spacial score (nSPS) is 10.1. The van der Waals surface area contributed by atoms with Crippen molar-refractivity contribution in [3.63, 3.8) is 0 Å². The van der Waals surface area contributed by atoms with Crippen LogP contribution in [0.3, 0.4) is 0 Å². The number of anilines is 1. The molecule has 108 valence electrons. The van der Waals surface area contributed by atoms with Gasteiger partial charge in [0.15, 0.2) is 0 Å². The molecule has 2 heterocycles. The number of aromatic nitrogens is 2. The molecule has 0 saturated heterocycles. The Balaban J connectivity index is 1.76. The van der Waals surface area contributed by atoms with Gasteiger partial charge < -0.3 is 10.7 Å². The lowest BCUT2D eigenvalue weighted by Crippen LogP contribution is -2.02. The lowest BCUT2D eigenvalue weighted by atomic mass is 10.1. The monoisotopic (exact) mass is 283 g/mol. The van der Waals surface area contributed by atoms with Gasteiger partial charge in [0, 0.05) is 36.5 Å². The third-order valence-corrected chi connectivity index (χ3v) is 3.06. The van der Waals surface area contributed by atoms with Crippen LogP contribution < -0.4 is 5.32 Å². The first-order valence-electron chi connectivity index (χ1n) is 6.81. The summed E-state index contributed by atoms with van der Waals surface area (Å²) in [5.74, 6) is 0. The quantitative estimate of drug-likeness (QED) is 0.441. The van der Waals surface area contributed by atoms with Gasteiger partial charge in [0.25, 0.3) is 0 Å². The Morgan fingerprint density at radius 3 is 2.71 bits per heavy atom. The Kier molecular flexibility index (Phi) is 5.51. The van der Waals surface area contributed by atoms with E-state index in [4.69, 9.17) is 5.41 Å². The maximum atomic E-state index is 10.5. The van der Waals surface area contributed by atoms with Crippen LogP contribution in [0, 0.1) is 10.3 Å². The number of nitrogens with zero attached hydrogens (tertiary/aromatic N) is 3. The first-order valence-corrected chi connectivity index (χ1v) is 6.81. The van der Waals surface area contributed by atoms with Gasteiger partial charge in [-0.25, -0.2) is 4.98 Å². The van der Waals surface area contributed by atoms with Gasteiger partial charge in [0.2, 0.25) is 0 Å². The summed E-state index contributed by atoms with van der Waals surface area (Å²) >= 11 is 0. The summed E-state index contributed by atoms with van der Waals surface area (Å²) in [7, 11) is 0. The minimum absolute atomic E-state index is 0.216. The smallest absolute Gasteiger partial charge is 0.135 e. The van der Waals surface area contributed by atoms with E-state index >= 15 is 0 Å². The van der Waals surface area contributed by atoms with Crippen molar-refractivity contribution in [1.82, 2.24) is 9.97 Å². The predicted octanol–water partition coefficient (Wildman–Crippen LogP) is 3.31. The summed E-state index contributed by atoms with van der Waals surface area (Å²) in [4.78, 5) is 18.7. The molecule has 2 N–H and O–H groups in total. The van der Waals surface area contributed by atoms with Crippen molar-refractivity contribution in [2.24, 2.45) is 5.18 Å². The molecule has 0 radical (unpaired) electrons. The van der Waals surface area contributed by atoms with E-state index in [1.807, 2.05) is 12.1 Å². The number of aryl methyl sites for hydroxylation is 1. The largest absolute Gasteiger partial charge is 0.385 e. The second kappa shape index (κ2) is 7.84. The molecule has 6 nitrogen and oxygen atoms in total. The third kappa shape index (κ3) is 4.45. The number of hydrogen-bond acceptors (Lipinski definition) is 6. The van der Waals surface area contributed by atoms with E-state index in [0.717, 1.165) is 43.4 Å². The van der Waals surface area contributed by atoms with Crippen LogP contribution in [0.15, 0.2) is 41.8 Å². The zero-order valence-corrected chi connectivity index (χ0v) is 11.6. The van der Waals surface area contributed by atoms with Crippen LogP contribution in [0.1, 0.15) is 24.2 Å². The highest BCUT2D eigenvalue weighted by atomic mass is 16.3. The van der Waals surface area contributed by atoms with E-state index in [-0.39, 0.29) is 5.69 Å². The summed E-state index contributed by atoms with van der Waals surface area (Å²) in [6, 6.07) is 7.27. The highest BCUT2D eigenvalue weighted by Gasteiger charge is 2.04. The number of pyridine rings is 2. The van der Waals surface area contributed by atoms with E-state index < -0.39 is 0 Å². The summed E-state index contributed by atoms with van der Waals surface area (Å²) < 4.78 is 0. The molecule has 0 aliphatic rings. The van der Waals surface area contributed by atoms with Gasteiger partial charge in [-0.2, -0.15) is 0 Å². The molecule has 21 heavy (non-hydrogen) atoms. The van der Waals surface area contributed by atoms with Crippen LogP contribution in [-0.2, 0) is 6.42 Å². The molecule has 0 unspecified atom stereocenters. The Morgan fingerprint density at radius 2 is 2.00 bits per heavy atom. The molecule has 0 aliphatic heterocycles. The van der Waals surface area contributed by atoms with Crippen molar-refractivity contribution < 1.29 is 0 Å². The first kappa shape index (κ1) is 14.8. The van der Waals surface area contributed by atoms with Crippen molar-refractivity contribution in [2.75, 3.05) is 11.9 Å². The lowest BCUT2D eigenvalue weighted by Gasteiger charge is -2.06. The molecule has 0 bridgehead atoms. The van der Waals surface area contributed by atoms with Gasteiger partial charge >= 0.3 is 0 Å². The van der Waals surface area contributed by atoms with E-state index in [0.29, 0.717) is 5.69 Å². The average Bonchev–Trinajstić information content (AvgIpc) is 2.55. The molecule has 6 heteroatoms. The fourth-order valence-electron chi connectivity index (χ4n) is 1.97. The Morgan fingerprint density at radius 1 is 1.19 bits per heavy atom.